The average molecular weight is 158 g/mol. The number of rotatable bonds is 5. The van der Waals surface area contributed by atoms with Crippen molar-refractivity contribution in [3.05, 3.63) is 4.91 Å². The molecule has 0 spiro atoms. The summed E-state index contributed by atoms with van der Waals surface area (Å²) >= 11 is 0. The van der Waals surface area contributed by atoms with Crippen LogP contribution < -0.4 is 5.32 Å². The monoisotopic (exact) mass is 158 g/mol. The Morgan fingerprint density at radius 1 is 1.64 bits per heavy atom. The minimum Gasteiger partial charge on any atom is -0.377 e. The number of ether oxygens (including phenoxy) is 1. The van der Waals surface area contributed by atoms with Crippen molar-refractivity contribution in [2.75, 3.05) is 26.2 Å². The van der Waals surface area contributed by atoms with Crippen molar-refractivity contribution in [1.29, 1.82) is 0 Å². The summed E-state index contributed by atoms with van der Waals surface area (Å²) in [6, 6.07) is 0. The number of hydrogen-bond acceptors (Lipinski definition) is 4. The zero-order chi connectivity index (χ0) is 7.94. The molecule has 0 aromatic carbocycles. The van der Waals surface area contributed by atoms with Gasteiger partial charge >= 0.3 is 0 Å². The Hall–Kier alpha value is -0.480. The van der Waals surface area contributed by atoms with Gasteiger partial charge < -0.3 is 10.1 Å². The van der Waals surface area contributed by atoms with Crippen LogP contribution in [0.3, 0.4) is 0 Å². The topological polar surface area (TPSA) is 50.7 Å². The summed E-state index contributed by atoms with van der Waals surface area (Å²) in [6.45, 7) is 2.77. The molecule has 0 radical (unpaired) electrons. The highest BCUT2D eigenvalue weighted by atomic mass is 16.5. The van der Waals surface area contributed by atoms with E-state index < -0.39 is 0 Å². The fraction of sp³-hybridized carbons (Fsp3) is 1.00. The van der Waals surface area contributed by atoms with E-state index in [9.17, 15) is 4.91 Å². The lowest BCUT2D eigenvalue weighted by Crippen LogP contribution is -2.28. The fourth-order valence-corrected chi connectivity index (χ4v) is 1.19. The largest absolute Gasteiger partial charge is 0.377 e. The van der Waals surface area contributed by atoms with Crippen LogP contribution >= 0.6 is 0 Å². The summed E-state index contributed by atoms with van der Waals surface area (Å²) in [5, 5.41) is 5.86. The summed E-state index contributed by atoms with van der Waals surface area (Å²) in [5.74, 6) is 0. The maximum atomic E-state index is 9.68. The van der Waals surface area contributed by atoms with E-state index in [0.717, 1.165) is 26.0 Å². The molecule has 0 saturated carbocycles. The van der Waals surface area contributed by atoms with Crippen LogP contribution in [0.25, 0.3) is 0 Å². The number of hydrogen-bond donors (Lipinski definition) is 1. The first-order valence-electron chi connectivity index (χ1n) is 4.05. The van der Waals surface area contributed by atoms with E-state index in [1.165, 1.54) is 0 Å². The van der Waals surface area contributed by atoms with Crippen molar-refractivity contribution >= 4 is 0 Å². The molecule has 1 heterocycles. The molecule has 0 aliphatic carbocycles. The maximum Gasteiger partial charge on any atom is 0.0935 e. The van der Waals surface area contributed by atoms with Gasteiger partial charge in [0.1, 0.15) is 0 Å². The third kappa shape index (κ3) is 3.43. The molecule has 64 valence electrons. The third-order valence-corrected chi connectivity index (χ3v) is 1.78. The highest BCUT2D eigenvalue weighted by molar-refractivity contribution is 4.67. The number of nitroso groups, excluding NO2 is 1. The summed E-state index contributed by atoms with van der Waals surface area (Å²) < 4.78 is 5.36. The van der Waals surface area contributed by atoms with Gasteiger partial charge in [0, 0.05) is 19.7 Å². The van der Waals surface area contributed by atoms with Gasteiger partial charge in [-0.25, -0.2) is 0 Å². The van der Waals surface area contributed by atoms with Crippen LogP contribution in [0.4, 0.5) is 0 Å². The van der Waals surface area contributed by atoms with Crippen LogP contribution in [-0.4, -0.2) is 32.3 Å². The maximum absolute atomic E-state index is 9.68. The second-order valence-corrected chi connectivity index (χ2v) is 2.69. The lowest BCUT2D eigenvalue weighted by atomic mass is 10.2. The van der Waals surface area contributed by atoms with E-state index in [-0.39, 0.29) is 0 Å². The Morgan fingerprint density at radius 3 is 3.18 bits per heavy atom. The number of nitrogens with one attached hydrogen (secondary N) is 1. The van der Waals surface area contributed by atoms with Crippen molar-refractivity contribution in [2.45, 2.75) is 18.9 Å². The molecule has 0 bridgehead atoms. The van der Waals surface area contributed by atoms with Gasteiger partial charge in [-0.15, -0.1) is 0 Å². The predicted molar refractivity (Wildman–Crippen MR) is 42.5 cm³/mol. The van der Waals surface area contributed by atoms with Crippen LogP contribution in [0.15, 0.2) is 5.18 Å². The number of nitrogens with zero attached hydrogens (tertiary/aromatic N) is 1. The third-order valence-electron chi connectivity index (χ3n) is 1.78. The first kappa shape index (κ1) is 8.62. The average Bonchev–Trinajstić information content (AvgIpc) is 2.50. The first-order chi connectivity index (χ1) is 5.43. The van der Waals surface area contributed by atoms with Crippen molar-refractivity contribution in [2.24, 2.45) is 5.18 Å². The van der Waals surface area contributed by atoms with Crippen molar-refractivity contribution < 1.29 is 4.74 Å². The zero-order valence-electron chi connectivity index (χ0n) is 6.58. The molecule has 1 aliphatic rings. The molecule has 1 unspecified atom stereocenters. The van der Waals surface area contributed by atoms with Crippen LogP contribution in [0.1, 0.15) is 12.8 Å². The molecule has 1 rings (SSSR count). The standard InChI is InChI=1S/C7H14N2O2/c10-9-4-3-8-6-7-2-1-5-11-7/h7-8H,1-6H2. The SMILES string of the molecule is O=NCCNCC1CCCO1. The Morgan fingerprint density at radius 2 is 2.55 bits per heavy atom. The van der Waals surface area contributed by atoms with E-state index >= 15 is 0 Å². The fourth-order valence-electron chi connectivity index (χ4n) is 1.19. The molecule has 1 atom stereocenters. The summed E-state index contributed by atoms with van der Waals surface area (Å²) in [7, 11) is 0. The van der Waals surface area contributed by atoms with Gasteiger partial charge in [-0.3, -0.25) is 0 Å². The molecule has 4 heteroatoms. The van der Waals surface area contributed by atoms with Crippen LogP contribution in [0.5, 0.6) is 0 Å². The van der Waals surface area contributed by atoms with E-state index in [0.29, 0.717) is 19.2 Å². The molecule has 0 amide bonds. The molecule has 1 fully saturated rings. The second-order valence-electron chi connectivity index (χ2n) is 2.69. The van der Waals surface area contributed by atoms with E-state index in [1.54, 1.807) is 0 Å². The predicted octanol–water partition coefficient (Wildman–Crippen LogP) is 0.521. The highest BCUT2D eigenvalue weighted by Gasteiger charge is 2.13. The molecular formula is C7H14N2O2. The van der Waals surface area contributed by atoms with Gasteiger partial charge in [-0.1, -0.05) is 5.18 Å². The van der Waals surface area contributed by atoms with Crippen molar-refractivity contribution in [3.63, 3.8) is 0 Å². The van der Waals surface area contributed by atoms with E-state index in [2.05, 4.69) is 10.5 Å². The first-order valence-corrected chi connectivity index (χ1v) is 4.05. The molecule has 1 saturated heterocycles. The molecule has 0 aromatic rings. The van der Waals surface area contributed by atoms with Gasteiger partial charge in [0.15, 0.2) is 0 Å². The summed E-state index contributed by atoms with van der Waals surface area (Å²) in [6.07, 6.45) is 2.67. The minimum atomic E-state index is 0.354. The summed E-state index contributed by atoms with van der Waals surface area (Å²) in [5.41, 5.74) is 0. The van der Waals surface area contributed by atoms with Crippen LogP contribution in [-0.2, 0) is 4.74 Å². The van der Waals surface area contributed by atoms with Gasteiger partial charge in [-0.05, 0) is 12.8 Å². The van der Waals surface area contributed by atoms with Gasteiger partial charge in [0.2, 0.25) is 0 Å². The van der Waals surface area contributed by atoms with Crippen molar-refractivity contribution in [3.8, 4) is 0 Å². The van der Waals surface area contributed by atoms with Gasteiger partial charge in [0.05, 0.1) is 12.6 Å². The lowest BCUT2D eigenvalue weighted by Gasteiger charge is -2.08. The normalized spacial score (nSPS) is 23.8. The second kappa shape index (κ2) is 5.21. The van der Waals surface area contributed by atoms with Gasteiger partial charge in [0.25, 0.3) is 0 Å². The highest BCUT2D eigenvalue weighted by Crippen LogP contribution is 2.10. The Balaban J connectivity index is 1.89. The molecule has 1 N–H and O–H groups in total. The zero-order valence-corrected chi connectivity index (χ0v) is 6.58. The molecule has 0 aromatic heterocycles. The van der Waals surface area contributed by atoms with E-state index in [4.69, 9.17) is 4.74 Å². The summed E-state index contributed by atoms with van der Waals surface area (Å²) in [4.78, 5) is 9.68. The smallest absolute Gasteiger partial charge is 0.0935 e. The van der Waals surface area contributed by atoms with Crippen LogP contribution in [0, 0.1) is 4.91 Å². The van der Waals surface area contributed by atoms with Crippen LogP contribution in [0.2, 0.25) is 0 Å². The molecule has 11 heavy (non-hydrogen) atoms. The molecule has 1 aliphatic heterocycles. The molecular weight excluding hydrogens is 144 g/mol. The van der Waals surface area contributed by atoms with Gasteiger partial charge in [-0.2, -0.15) is 4.91 Å². The Kier molecular flexibility index (Phi) is 4.08. The Labute approximate surface area is 66.3 Å². The lowest BCUT2D eigenvalue weighted by molar-refractivity contribution is 0.110. The van der Waals surface area contributed by atoms with Crippen molar-refractivity contribution in [1.82, 2.24) is 5.32 Å². The quantitative estimate of drug-likeness (QED) is 0.469. The van der Waals surface area contributed by atoms with E-state index in [1.807, 2.05) is 0 Å². The molecule has 4 nitrogen and oxygen atoms in total. The Bertz CT molecular complexity index is 113. The minimum absolute atomic E-state index is 0.354.